The lowest BCUT2D eigenvalue weighted by molar-refractivity contribution is -0.116. The van der Waals surface area contributed by atoms with E-state index < -0.39 is 0 Å². The largest absolute Gasteiger partial charge is 0.497 e. The zero-order chi connectivity index (χ0) is 21.3. The van der Waals surface area contributed by atoms with E-state index in [1.165, 1.54) is 0 Å². The van der Waals surface area contributed by atoms with Gasteiger partial charge in [0.15, 0.2) is 5.65 Å². The van der Waals surface area contributed by atoms with Gasteiger partial charge >= 0.3 is 0 Å². The molecular weight excluding hydrogens is 364 g/mol. The Morgan fingerprint density at radius 3 is 2.34 bits per heavy atom. The smallest absolute Gasteiger partial charge is 0.224 e. The van der Waals surface area contributed by atoms with Crippen molar-refractivity contribution in [1.29, 1.82) is 0 Å². The zero-order valence-electron chi connectivity index (χ0n) is 18.4. The molecule has 0 aliphatic carbocycles. The SMILES string of the molecule is COc1ccc(NC(=O)CCc2c(C)nc3c(c(C)nn3C(C)(C)C)c2C)cc1. The molecule has 6 heteroatoms. The number of pyridine rings is 1. The number of hydrogen-bond acceptors (Lipinski definition) is 4. The van der Waals surface area contributed by atoms with E-state index in [1.54, 1.807) is 7.11 Å². The summed E-state index contributed by atoms with van der Waals surface area (Å²) >= 11 is 0. The van der Waals surface area contributed by atoms with Crippen molar-refractivity contribution >= 4 is 22.6 Å². The van der Waals surface area contributed by atoms with E-state index in [0.717, 1.165) is 45.0 Å². The van der Waals surface area contributed by atoms with Crippen molar-refractivity contribution in [2.45, 2.75) is 59.9 Å². The number of anilines is 1. The van der Waals surface area contributed by atoms with E-state index >= 15 is 0 Å². The summed E-state index contributed by atoms with van der Waals surface area (Å²) in [5.41, 5.74) is 5.76. The Morgan fingerprint density at radius 2 is 1.76 bits per heavy atom. The van der Waals surface area contributed by atoms with Gasteiger partial charge in [-0.05, 0) is 83.4 Å². The molecule has 154 valence electrons. The van der Waals surface area contributed by atoms with Crippen LogP contribution < -0.4 is 10.1 Å². The molecule has 0 bridgehead atoms. The van der Waals surface area contributed by atoms with Crippen LogP contribution in [-0.4, -0.2) is 27.8 Å². The van der Waals surface area contributed by atoms with Crippen molar-refractivity contribution in [3.05, 3.63) is 46.8 Å². The molecule has 1 amide bonds. The van der Waals surface area contributed by atoms with Gasteiger partial charge in [-0.25, -0.2) is 9.67 Å². The average Bonchev–Trinajstić information content (AvgIpc) is 2.99. The van der Waals surface area contributed by atoms with E-state index in [2.05, 4.69) is 33.0 Å². The average molecular weight is 395 g/mol. The van der Waals surface area contributed by atoms with Crippen molar-refractivity contribution in [2.24, 2.45) is 0 Å². The van der Waals surface area contributed by atoms with Gasteiger partial charge in [-0.3, -0.25) is 4.79 Å². The Hall–Kier alpha value is -2.89. The van der Waals surface area contributed by atoms with Gasteiger partial charge in [-0.1, -0.05) is 0 Å². The second-order valence-electron chi connectivity index (χ2n) is 8.44. The minimum Gasteiger partial charge on any atom is -0.497 e. The fourth-order valence-corrected chi connectivity index (χ4v) is 3.68. The van der Waals surface area contributed by atoms with Crippen LogP contribution in [0.3, 0.4) is 0 Å². The van der Waals surface area contributed by atoms with Gasteiger partial charge in [0.25, 0.3) is 0 Å². The van der Waals surface area contributed by atoms with E-state index in [1.807, 2.05) is 42.8 Å². The molecule has 0 saturated carbocycles. The summed E-state index contributed by atoms with van der Waals surface area (Å²) in [6.45, 7) is 12.5. The first-order valence-corrected chi connectivity index (χ1v) is 9.91. The Labute approximate surface area is 172 Å². The molecule has 0 spiro atoms. The van der Waals surface area contributed by atoms with Crippen LogP contribution in [0.1, 0.15) is 49.7 Å². The number of amides is 1. The molecule has 0 atom stereocenters. The summed E-state index contributed by atoms with van der Waals surface area (Å²) in [6.07, 6.45) is 1.04. The second kappa shape index (κ2) is 7.85. The highest BCUT2D eigenvalue weighted by molar-refractivity contribution is 5.91. The second-order valence-corrected chi connectivity index (χ2v) is 8.44. The normalized spacial score (nSPS) is 11.7. The highest BCUT2D eigenvalue weighted by Gasteiger charge is 2.23. The van der Waals surface area contributed by atoms with Gasteiger partial charge in [0.1, 0.15) is 5.75 Å². The summed E-state index contributed by atoms with van der Waals surface area (Å²) in [5.74, 6) is 0.746. The number of nitrogens with zero attached hydrogens (tertiary/aromatic N) is 3. The maximum absolute atomic E-state index is 12.4. The van der Waals surface area contributed by atoms with Crippen LogP contribution in [-0.2, 0) is 16.8 Å². The fraction of sp³-hybridized carbons (Fsp3) is 0.435. The maximum Gasteiger partial charge on any atom is 0.224 e. The number of benzene rings is 1. The number of aryl methyl sites for hydroxylation is 3. The molecule has 1 N–H and O–H groups in total. The van der Waals surface area contributed by atoms with Crippen LogP contribution in [0.4, 0.5) is 5.69 Å². The van der Waals surface area contributed by atoms with E-state index in [0.29, 0.717) is 12.8 Å². The minimum absolute atomic E-state index is 0.0174. The Morgan fingerprint density at radius 1 is 1.10 bits per heavy atom. The van der Waals surface area contributed by atoms with E-state index in [-0.39, 0.29) is 11.4 Å². The first-order chi connectivity index (χ1) is 13.6. The van der Waals surface area contributed by atoms with Crippen LogP contribution in [0.25, 0.3) is 11.0 Å². The highest BCUT2D eigenvalue weighted by atomic mass is 16.5. The summed E-state index contributed by atoms with van der Waals surface area (Å²) in [6, 6.07) is 7.34. The molecule has 0 fully saturated rings. The Bertz CT molecular complexity index is 1040. The Balaban J connectivity index is 1.81. The van der Waals surface area contributed by atoms with Crippen LogP contribution in [0.5, 0.6) is 5.75 Å². The van der Waals surface area contributed by atoms with Crippen molar-refractivity contribution in [3.63, 3.8) is 0 Å². The molecule has 6 nitrogen and oxygen atoms in total. The van der Waals surface area contributed by atoms with Gasteiger partial charge in [-0.15, -0.1) is 0 Å². The number of ether oxygens (including phenoxy) is 1. The fourth-order valence-electron chi connectivity index (χ4n) is 3.68. The molecule has 2 heterocycles. The lowest BCUT2D eigenvalue weighted by Gasteiger charge is -2.20. The van der Waals surface area contributed by atoms with E-state index in [9.17, 15) is 4.79 Å². The molecule has 0 aliphatic heterocycles. The molecule has 0 radical (unpaired) electrons. The number of nitrogens with one attached hydrogen (secondary N) is 1. The first-order valence-electron chi connectivity index (χ1n) is 9.91. The van der Waals surface area contributed by atoms with Crippen molar-refractivity contribution in [1.82, 2.24) is 14.8 Å². The quantitative estimate of drug-likeness (QED) is 0.681. The lowest BCUT2D eigenvalue weighted by atomic mass is 9.99. The molecule has 1 aromatic carbocycles. The standard InChI is InChI=1S/C23H30N4O2/c1-14-19(12-13-20(28)25-17-8-10-18(29-7)11-9-17)15(2)24-22-21(14)16(3)26-27(22)23(4,5)6/h8-11H,12-13H2,1-7H3,(H,25,28). The summed E-state index contributed by atoms with van der Waals surface area (Å²) in [5, 5.41) is 8.77. The predicted molar refractivity (Wildman–Crippen MR) is 117 cm³/mol. The number of hydrogen-bond donors (Lipinski definition) is 1. The van der Waals surface area contributed by atoms with E-state index in [4.69, 9.17) is 14.8 Å². The third-order valence-electron chi connectivity index (χ3n) is 5.19. The van der Waals surface area contributed by atoms with Gasteiger partial charge < -0.3 is 10.1 Å². The predicted octanol–water partition coefficient (Wildman–Crippen LogP) is 4.69. The molecule has 0 saturated heterocycles. The number of carbonyl (C=O) groups excluding carboxylic acids is 1. The molecule has 3 aromatic rings. The van der Waals surface area contributed by atoms with Gasteiger partial charge in [0.2, 0.25) is 5.91 Å². The first kappa shape index (κ1) is 20.8. The van der Waals surface area contributed by atoms with Crippen molar-refractivity contribution < 1.29 is 9.53 Å². The number of fused-ring (bicyclic) bond motifs is 1. The lowest BCUT2D eigenvalue weighted by Crippen LogP contribution is -2.23. The topological polar surface area (TPSA) is 69.0 Å². The van der Waals surface area contributed by atoms with Crippen LogP contribution >= 0.6 is 0 Å². The molecule has 2 aromatic heterocycles. The molecule has 3 rings (SSSR count). The van der Waals surface area contributed by atoms with Crippen molar-refractivity contribution in [3.8, 4) is 5.75 Å². The number of rotatable bonds is 5. The van der Waals surface area contributed by atoms with Gasteiger partial charge in [-0.2, -0.15) is 5.10 Å². The number of aromatic nitrogens is 3. The Kier molecular flexibility index (Phi) is 5.64. The third-order valence-corrected chi connectivity index (χ3v) is 5.19. The van der Waals surface area contributed by atoms with Crippen LogP contribution in [0, 0.1) is 20.8 Å². The molecule has 0 unspecified atom stereocenters. The van der Waals surface area contributed by atoms with Crippen molar-refractivity contribution in [2.75, 3.05) is 12.4 Å². The summed E-state index contributed by atoms with van der Waals surface area (Å²) < 4.78 is 7.14. The summed E-state index contributed by atoms with van der Waals surface area (Å²) in [7, 11) is 1.62. The minimum atomic E-state index is -0.141. The molecule has 29 heavy (non-hydrogen) atoms. The van der Waals surface area contributed by atoms with Gasteiger partial charge in [0, 0.05) is 23.2 Å². The molecule has 0 aliphatic rings. The zero-order valence-corrected chi connectivity index (χ0v) is 18.4. The van der Waals surface area contributed by atoms with Crippen LogP contribution in [0.2, 0.25) is 0 Å². The number of methoxy groups -OCH3 is 1. The highest BCUT2D eigenvalue weighted by Crippen LogP contribution is 2.29. The maximum atomic E-state index is 12.4. The number of carbonyl (C=O) groups is 1. The monoisotopic (exact) mass is 394 g/mol. The summed E-state index contributed by atoms with van der Waals surface area (Å²) in [4.78, 5) is 17.3. The van der Waals surface area contributed by atoms with Gasteiger partial charge in [0.05, 0.1) is 18.3 Å². The van der Waals surface area contributed by atoms with Crippen LogP contribution in [0.15, 0.2) is 24.3 Å². The molecular formula is C23H30N4O2. The third kappa shape index (κ3) is 4.26.